The van der Waals surface area contributed by atoms with Gasteiger partial charge in [-0.3, -0.25) is 9.89 Å². The van der Waals surface area contributed by atoms with Crippen molar-refractivity contribution in [1.29, 1.82) is 0 Å². The number of hydrogen-bond donors (Lipinski definition) is 1. The zero-order valence-corrected chi connectivity index (χ0v) is 15.8. The lowest BCUT2D eigenvalue weighted by Crippen LogP contribution is -2.40. The van der Waals surface area contributed by atoms with Crippen LogP contribution in [0.25, 0.3) is 0 Å². The highest BCUT2D eigenvalue weighted by molar-refractivity contribution is 7.89. The van der Waals surface area contributed by atoms with E-state index in [1.54, 1.807) is 19.9 Å². The van der Waals surface area contributed by atoms with E-state index in [0.29, 0.717) is 36.3 Å². The highest BCUT2D eigenvalue weighted by Crippen LogP contribution is 2.30. The molecular formula is C18H23N3O3S. The van der Waals surface area contributed by atoms with Crippen molar-refractivity contribution in [2.45, 2.75) is 51.5 Å². The van der Waals surface area contributed by atoms with E-state index in [9.17, 15) is 13.2 Å². The quantitative estimate of drug-likeness (QED) is 0.849. The first kappa shape index (κ1) is 17.8. The summed E-state index contributed by atoms with van der Waals surface area (Å²) in [6, 6.07) is 4.87. The Balaban J connectivity index is 1.97. The lowest BCUT2D eigenvalue weighted by atomic mass is 9.99. The predicted molar refractivity (Wildman–Crippen MR) is 95.2 cm³/mol. The Morgan fingerprint density at radius 1 is 1.20 bits per heavy atom. The molecule has 6 nitrogen and oxygen atoms in total. The van der Waals surface area contributed by atoms with E-state index in [1.165, 1.54) is 4.31 Å². The summed E-state index contributed by atoms with van der Waals surface area (Å²) in [6.45, 7) is 7.64. The number of hydrogen-bond acceptors (Lipinski definition) is 4. The van der Waals surface area contributed by atoms with E-state index in [4.69, 9.17) is 0 Å². The van der Waals surface area contributed by atoms with Crippen molar-refractivity contribution in [3.8, 4) is 0 Å². The summed E-state index contributed by atoms with van der Waals surface area (Å²) >= 11 is 0. The molecule has 3 rings (SSSR count). The number of aromatic amines is 1. The summed E-state index contributed by atoms with van der Waals surface area (Å²) in [6.07, 6.45) is 1.22. The van der Waals surface area contributed by atoms with Crippen LogP contribution in [-0.2, 0) is 10.0 Å². The van der Waals surface area contributed by atoms with Crippen LogP contribution in [0.15, 0.2) is 23.1 Å². The molecule has 0 saturated carbocycles. The fourth-order valence-electron chi connectivity index (χ4n) is 3.41. The zero-order valence-electron chi connectivity index (χ0n) is 15.0. The largest absolute Gasteiger partial charge is 0.292 e. The lowest BCUT2D eigenvalue weighted by molar-refractivity contribution is 0.0918. The molecule has 1 aliphatic rings. The summed E-state index contributed by atoms with van der Waals surface area (Å²) in [5, 5.41) is 6.70. The van der Waals surface area contributed by atoms with Crippen LogP contribution in [0, 0.1) is 27.7 Å². The monoisotopic (exact) mass is 361 g/mol. The maximum Gasteiger partial charge on any atom is 0.247 e. The van der Waals surface area contributed by atoms with Gasteiger partial charge in [-0.1, -0.05) is 12.1 Å². The molecule has 2 heterocycles. The molecule has 0 radical (unpaired) electrons. The molecule has 1 N–H and O–H groups in total. The smallest absolute Gasteiger partial charge is 0.247 e. The molecule has 1 aliphatic heterocycles. The molecule has 7 heteroatoms. The summed E-state index contributed by atoms with van der Waals surface area (Å²) in [5.41, 5.74) is 3.64. The molecular weight excluding hydrogens is 338 g/mol. The van der Waals surface area contributed by atoms with Crippen LogP contribution in [-0.4, -0.2) is 41.3 Å². The van der Waals surface area contributed by atoms with Crippen LogP contribution in [0.2, 0.25) is 0 Å². The molecule has 1 atom stereocenters. The Hall–Kier alpha value is -1.99. The fraction of sp³-hybridized carbons (Fsp3) is 0.444. The number of aryl methyl sites for hydroxylation is 4. The first-order valence-electron chi connectivity index (χ1n) is 8.38. The van der Waals surface area contributed by atoms with Gasteiger partial charge in [0.25, 0.3) is 0 Å². The third-order valence-electron chi connectivity index (χ3n) is 4.92. The van der Waals surface area contributed by atoms with Crippen LogP contribution in [0.5, 0.6) is 0 Å². The van der Waals surface area contributed by atoms with E-state index in [1.807, 2.05) is 26.0 Å². The number of nitrogens with one attached hydrogen (secondary N) is 1. The lowest BCUT2D eigenvalue weighted by Gasteiger charge is -2.23. The summed E-state index contributed by atoms with van der Waals surface area (Å²) in [7, 11) is -3.76. The molecule has 2 aromatic rings. The van der Waals surface area contributed by atoms with Gasteiger partial charge < -0.3 is 0 Å². The van der Waals surface area contributed by atoms with Gasteiger partial charge in [-0.2, -0.15) is 9.40 Å². The number of sulfonamides is 1. The summed E-state index contributed by atoms with van der Waals surface area (Å²) in [4.78, 5) is 13.2. The van der Waals surface area contributed by atoms with Gasteiger partial charge in [0.1, 0.15) is 4.90 Å². The predicted octanol–water partition coefficient (Wildman–Crippen LogP) is 2.68. The molecule has 1 aromatic carbocycles. The normalized spacial score (nSPS) is 18.6. The van der Waals surface area contributed by atoms with Gasteiger partial charge in [0.15, 0.2) is 5.78 Å². The molecule has 25 heavy (non-hydrogen) atoms. The highest BCUT2D eigenvalue weighted by Gasteiger charge is 2.41. The Morgan fingerprint density at radius 3 is 2.52 bits per heavy atom. The summed E-state index contributed by atoms with van der Waals surface area (Å²) in [5.74, 6) is -0.136. The molecule has 0 bridgehead atoms. The minimum Gasteiger partial charge on any atom is -0.292 e. The Labute approximate surface area is 148 Å². The first-order chi connectivity index (χ1) is 11.7. The fourth-order valence-corrected chi connectivity index (χ4v) is 5.41. The maximum absolute atomic E-state index is 13.1. The van der Waals surface area contributed by atoms with E-state index in [2.05, 4.69) is 10.2 Å². The van der Waals surface area contributed by atoms with Crippen LogP contribution in [0.1, 0.15) is 45.7 Å². The second-order valence-electron chi connectivity index (χ2n) is 6.70. The topological polar surface area (TPSA) is 83.1 Å². The van der Waals surface area contributed by atoms with Crippen LogP contribution >= 0.6 is 0 Å². The minimum atomic E-state index is -3.76. The number of H-pyrrole nitrogens is 1. The second kappa shape index (κ2) is 6.38. The maximum atomic E-state index is 13.1. The number of aromatic nitrogens is 2. The van der Waals surface area contributed by atoms with Gasteiger partial charge >= 0.3 is 0 Å². The Morgan fingerprint density at radius 2 is 1.92 bits per heavy atom. The van der Waals surface area contributed by atoms with E-state index < -0.39 is 16.1 Å². The van der Waals surface area contributed by atoms with Crippen molar-refractivity contribution < 1.29 is 13.2 Å². The molecule has 1 fully saturated rings. The van der Waals surface area contributed by atoms with Gasteiger partial charge in [-0.25, -0.2) is 8.42 Å². The zero-order chi connectivity index (χ0) is 18.4. The van der Waals surface area contributed by atoms with Crippen molar-refractivity contribution >= 4 is 15.8 Å². The molecule has 1 saturated heterocycles. The van der Waals surface area contributed by atoms with Gasteiger partial charge in [0, 0.05) is 12.1 Å². The number of nitrogens with zero attached hydrogens (tertiary/aromatic N) is 2. The van der Waals surface area contributed by atoms with Gasteiger partial charge in [0.2, 0.25) is 10.0 Å². The van der Waals surface area contributed by atoms with Crippen molar-refractivity contribution in [1.82, 2.24) is 14.5 Å². The Bertz CT molecular complexity index is 912. The number of carbonyl (C=O) groups excluding carboxylic acids is 1. The minimum absolute atomic E-state index is 0.136. The number of Topliss-reactive ketones (excluding diaryl/α,β-unsaturated/α-hetero) is 1. The van der Waals surface area contributed by atoms with Gasteiger partial charge in [-0.15, -0.1) is 0 Å². The molecule has 0 aliphatic carbocycles. The second-order valence-corrected chi connectivity index (χ2v) is 8.53. The van der Waals surface area contributed by atoms with Crippen LogP contribution in [0.4, 0.5) is 0 Å². The van der Waals surface area contributed by atoms with Crippen molar-refractivity contribution in [2.75, 3.05) is 6.54 Å². The van der Waals surface area contributed by atoms with E-state index in [0.717, 1.165) is 11.1 Å². The van der Waals surface area contributed by atoms with Crippen molar-refractivity contribution in [3.05, 3.63) is 46.3 Å². The van der Waals surface area contributed by atoms with Gasteiger partial charge in [0.05, 0.1) is 17.4 Å². The SMILES string of the molecule is Cc1ccc(C(=O)C2CCCN2S(=O)(=O)c2c(C)n[nH]c2C)cc1C. The molecule has 1 aromatic heterocycles. The number of carbonyl (C=O) groups is 1. The Kier molecular flexibility index (Phi) is 4.55. The summed E-state index contributed by atoms with van der Waals surface area (Å²) < 4.78 is 27.6. The van der Waals surface area contributed by atoms with Crippen molar-refractivity contribution in [2.24, 2.45) is 0 Å². The number of benzene rings is 1. The molecule has 1 unspecified atom stereocenters. The molecule has 0 amide bonds. The van der Waals surface area contributed by atoms with E-state index in [-0.39, 0.29) is 10.7 Å². The average Bonchev–Trinajstić information content (AvgIpc) is 3.17. The van der Waals surface area contributed by atoms with E-state index >= 15 is 0 Å². The number of ketones is 1. The average molecular weight is 361 g/mol. The van der Waals surface area contributed by atoms with Crippen LogP contribution < -0.4 is 0 Å². The standard InChI is InChI=1S/C18H23N3O3S/c1-11-7-8-15(10-12(11)2)17(22)16-6-5-9-21(16)25(23,24)18-13(3)19-20-14(18)4/h7-8,10,16H,5-6,9H2,1-4H3,(H,19,20). The third kappa shape index (κ3) is 3.02. The number of rotatable bonds is 4. The first-order valence-corrected chi connectivity index (χ1v) is 9.82. The highest BCUT2D eigenvalue weighted by atomic mass is 32.2. The molecule has 0 spiro atoms. The van der Waals surface area contributed by atoms with Gasteiger partial charge in [-0.05, 0) is 57.7 Å². The van der Waals surface area contributed by atoms with Crippen molar-refractivity contribution in [3.63, 3.8) is 0 Å². The van der Waals surface area contributed by atoms with Crippen LogP contribution in [0.3, 0.4) is 0 Å². The molecule has 134 valence electrons. The third-order valence-corrected chi connectivity index (χ3v) is 7.10.